The van der Waals surface area contributed by atoms with Crippen molar-refractivity contribution < 1.29 is 4.42 Å². The predicted octanol–water partition coefficient (Wildman–Crippen LogP) is 4.96. The van der Waals surface area contributed by atoms with Gasteiger partial charge in [0, 0.05) is 25.0 Å². The van der Waals surface area contributed by atoms with Gasteiger partial charge in [0.25, 0.3) is 5.56 Å². The first-order valence-electron chi connectivity index (χ1n) is 9.99. The molecule has 0 saturated carbocycles. The second-order valence-corrected chi connectivity index (χ2v) is 7.29. The van der Waals surface area contributed by atoms with E-state index in [9.17, 15) is 4.79 Å². The van der Waals surface area contributed by atoms with E-state index in [-0.39, 0.29) is 5.56 Å². The molecule has 2 aromatic carbocycles. The summed E-state index contributed by atoms with van der Waals surface area (Å²) in [4.78, 5) is 17.5. The van der Waals surface area contributed by atoms with E-state index in [1.807, 2.05) is 67.2 Å². The third-order valence-corrected chi connectivity index (χ3v) is 5.62. The molecule has 0 radical (unpaired) electrons. The minimum absolute atomic E-state index is 0.155. The summed E-state index contributed by atoms with van der Waals surface area (Å²) in [7, 11) is 1.86. The van der Waals surface area contributed by atoms with Gasteiger partial charge in [0.1, 0.15) is 5.76 Å². The van der Waals surface area contributed by atoms with Gasteiger partial charge in [0.2, 0.25) is 0 Å². The van der Waals surface area contributed by atoms with Crippen molar-refractivity contribution in [3.8, 4) is 5.69 Å². The van der Waals surface area contributed by atoms with Crippen LogP contribution in [-0.4, -0.2) is 20.1 Å². The van der Waals surface area contributed by atoms with Crippen LogP contribution in [0.3, 0.4) is 0 Å². The zero-order valence-electron chi connectivity index (χ0n) is 17.2. The Bertz CT molecular complexity index is 1460. The number of hydrogen-bond acceptors (Lipinski definition) is 3. The van der Waals surface area contributed by atoms with Gasteiger partial charge in [0.05, 0.1) is 28.6 Å². The van der Waals surface area contributed by atoms with E-state index >= 15 is 0 Å². The maximum absolute atomic E-state index is 13.0. The largest absolute Gasteiger partial charge is 0.453 e. The van der Waals surface area contributed by atoms with Crippen molar-refractivity contribution in [1.82, 2.24) is 13.9 Å². The van der Waals surface area contributed by atoms with Gasteiger partial charge in [-0.05, 0) is 38.1 Å². The fourth-order valence-corrected chi connectivity index (χ4v) is 4.06. The number of aromatic nitrogens is 3. The van der Waals surface area contributed by atoms with Crippen LogP contribution in [0.4, 0.5) is 5.69 Å². The van der Waals surface area contributed by atoms with E-state index in [2.05, 4.69) is 28.6 Å². The van der Waals surface area contributed by atoms with Gasteiger partial charge in [0.15, 0.2) is 11.3 Å². The van der Waals surface area contributed by atoms with Crippen molar-refractivity contribution in [2.45, 2.75) is 20.4 Å². The van der Waals surface area contributed by atoms with Gasteiger partial charge < -0.3 is 8.98 Å². The van der Waals surface area contributed by atoms with Crippen molar-refractivity contribution >= 4 is 33.9 Å². The lowest BCUT2D eigenvalue weighted by Gasteiger charge is -2.07. The molecule has 6 nitrogen and oxygen atoms in total. The van der Waals surface area contributed by atoms with E-state index in [0.29, 0.717) is 11.4 Å². The second-order valence-electron chi connectivity index (χ2n) is 7.29. The topological polar surface area (TPSA) is 57.4 Å². The van der Waals surface area contributed by atoms with E-state index in [0.717, 1.165) is 39.9 Å². The third kappa shape index (κ3) is 2.64. The molecular weight excluding hydrogens is 376 g/mol. The van der Waals surface area contributed by atoms with Crippen LogP contribution < -0.4 is 5.56 Å². The molecule has 0 unspecified atom stereocenters. The zero-order chi connectivity index (χ0) is 20.8. The van der Waals surface area contributed by atoms with Crippen LogP contribution >= 0.6 is 0 Å². The molecule has 0 aliphatic rings. The molecular formula is C24H22N4O2. The number of furan rings is 1. The van der Waals surface area contributed by atoms with Gasteiger partial charge in [-0.2, -0.15) is 0 Å². The number of aliphatic imine (C=N–C) groups is 1. The third-order valence-electron chi connectivity index (χ3n) is 5.62. The Hall–Kier alpha value is -3.80. The fraction of sp³-hybridized carbons (Fsp3) is 0.167. The molecule has 3 aromatic heterocycles. The van der Waals surface area contributed by atoms with Crippen LogP contribution in [-0.2, 0) is 13.6 Å². The molecule has 3 heterocycles. The minimum atomic E-state index is -0.155. The Balaban J connectivity index is 1.59. The van der Waals surface area contributed by atoms with Gasteiger partial charge in [-0.15, -0.1) is 0 Å². The molecule has 5 rings (SSSR count). The van der Waals surface area contributed by atoms with Crippen molar-refractivity contribution in [1.29, 1.82) is 0 Å². The van der Waals surface area contributed by atoms with Crippen LogP contribution in [0.1, 0.15) is 18.4 Å². The molecule has 150 valence electrons. The van der Waals surface area contributed by atoms with E-state index in [4.69, 9.17) is 4.42 Å². The highest BCUT2D eigenvalue weighted by molar-refractivity contribution is 6.06. The van der Waals surface area contributed by atoms with Crippen LogP contribution in [0.25, 0.3) is 27.7 Å². The number of nitrogens with zero attached hydrogens (tertiary/aromatic N) is 4. The Morgan fingerprint density at radius 1 is 1.03 bits per heavy atom. The van der Waals surface area contributed by atoms with Crippen LogP contribution in [0.2, 0.25) is 0 Å². The highest BCUT2D eigenvalue weighted by atomic mass is 16.3. The lowest BCUT2D eigenvalue weighted by atomic mass is 10.2. The number of rotatable bonds is 4. The molecule has 0 aliphatic heterocycles. The van der Waals surface area contributed by atoms with Gasteiger partial charge in [-0.25, -0.2) is 9.67 Å². The lowest BCUT2D eigenvalue weighted by molar-refractivity contribution is 0.611. The molecule has 0 atom stereocenters. The lowest BCUT2D eigenvalue weighted by Crippen LogP contribution is -2.19. The smallest absolute Gasteiger partial charge is 0.297 e. The van der Waals surface area contributed by atoms with Crippen LogP contribution in [0.5, 0.6) is 0 Å². The predicted molar refractivity (Wildman–Crippen MR) is 120 cm³/mol. The normalized spacial score (nSPS) is 12.0. The average Bonchev–Trinajstić information content (AvgIpc) is 3.37. The summed E-state index contributed by atoms with van der Waals surface area (Å²) in [5.74, 6) is 0.627. The molecule has 0 amide bonds. The van der Waals surface area contributed by atoms with Crippen molar-refractivity contribution in [2.24, 2.45) is 12.0 Å². The van der Waals surface area contributed by atoms with E-state index in [1.54, 1.807) is 10.9 Å². The maximum atomic E-state index is 13.0. The minimum Gasteiger partial charge on any atom is -0.453 e. The maximum Gasteiger partial charge on any atom is 0.297 e. The molecule has 0 aliphatic carbocycles. The number of aryl methyl sites for hydroxylation is 1. The monoisotopic (exact) mass is 398 g/mol. The van der Waals surface area contributed by atoms with Gasteiger partial charge in [-0.1, -0.05) is 30.3 Å². The van der Waals surface area contributed by atoms with E-state index < -0.39 is 0 Å². The van der Waals surface area contributed by atoms with Gasteiger partial charge in [-0.3, -0.25) is 9.48 Å². The molecule has 0 bridgehead atoms. The van der Waals surface area contributed by atoms with Crippen LogP contribution in [0, 0.1) is 6.92 Å². The number of hydrogen-bond donors (Lipinski definition) is 0. The number of para-hydroxylation sites is 2. The fourth-order valence-electron chi connectivity index (χ4n) is 4.06. The summed E-state index contributed by atoms with van der Waals surface area (Å²) in [6.07, 6.45) is 1.63. The Morgan fingerprint density at radius 3 is 2.53 bits per heavy atom. The summed E-state index contributed by atoms with van der Waals surface area (Å²) < 4.78 is 11.8. The number of benzene rings is 2. The summed E-state index contributed by atoms with van der Waals surface area (Å²) in [5.41, 5.74) is 4.89. The van der Waals surface area contributed by atoms with Crippen molar-refractivity contribution in [3.05, 3.63) is 82.5 Å². The summed E-state index contributed by atoms with van der Waals surface area (Å²) in [6, 6.07) is 19.8. The average molecular weight is 398 g/mol. The van der Waals surface area contributed by atoms with Crippen LogP contribution in [0.15, 0.2) is 74.9 Å². The Morgan fingerprint density at radius 2 is 1.77 bits per heavy atom. The summed E-state index contributed by atoms with van der Waals surface area (Å²) >= 11 is 0. The molecule has 0 spiro atoms. The quantitative estimate of drug-likeness (QED) is 0.402. The molecule has 30 heavy (non-hydrogen) atoms. The van der Waals surface area contributed by atoms with Crippen molar-refractivity contribution in [3.63, 3.8) is 0 Å². The highest BCUT2D eigenvalue weighted by Crippen LogP contribution is 2.31. The standard InChI is InChI=1S/C24H22N4O2/c1-4-27-20-13-9-8-12-19(20)23-21(27)14-18(30-23)15-25-22-16(2)26(3)28(24(22)29)17-10-6-5-7-11-17/h5-15H,4H2,1-3H3. The highest BCUT2D eigenvalue weighted by Gasteiger charge is 2.16. The molecule has 0 fully saturated rings. The first-order valence-corrected chi connectivity index (χ1v) is 9.99. The Kier molecular flexibility index (Phi) is 4.20. The summed E-state index contributed by atoms with van der Waals surface area (Å²) in [5, 5.41) is 1.08. The van der Waals surface area contributed by atoms with Crippen molar-refractivity contribution in [2.75, 3.05) is 0 Å². The molecule has 5 aromatic rings. The van der Waals surface area contributed by atoms with Gasteiger partial charge >= 0.3 is 0 Å². The Labute approximate surface area is 173 Å². The zero-order valence-corrected chi connectivity index (χ0v) is 17.2. The first kappa shape index (κ1) is 18.2. The summed E-state index contributed by atoms with van der Waals surface area (Å²) in [6.45, 7) is 4.86. The first-order chi connectivity index (χ1) is 14.6. The second kappa shape index (κ2) is 6.91. The SMILES string of the molecule is CCn1c2ccccc2c2oc(C=Nc3c(C)n(C)n(-c4ccccc4)c3=O)cc21. The molecule has 0 saturated heterocycles. The number of fused-ring (bicyclic) bond motifs is 3. The molecule has 0 N–H and O–H groups in total. The van der Waals surface area contributed by atoms with E-state index in [1.165, 1.54) is 0 Å². The molecule has 6 heteroatoms.